The second-order valence-electron chi connectivity index (χ2n) is 7.78. The molecule has 2 aromatic rings. The van der Waals surface area contributed by atoms with Crippen molar-refractivity contribution in [2.24, 2.45) is 5.92 Å². The zero-order valence-electron chi connectivity index (χ0n) is 15.1. The van der Waals surface area contributed by atoms with E-state index in [0.29, 0.717) is 23.8 Å². The summed E-state index contributed by atoms with van der Waals surface area (Å²) < 4.78 is 0. The number of rotatable bonds is 2. The molecule has 2 aromatic carbocycles. The molecule has 3 atom stereocenters. The van der Waals surface area contributed by atoms with Crippen LogP contribution >= 0.6 is 0 Å². The monoisotopic (exact) mass is 317 g/mol. The third kappa shape index (κ3) is 2.38. The van der Waals surface area contributed by atoms with Gasteiger partial charge in [-0.25, -0.2) is 0 Å². The number of hydrogen-bond acceptors (Lipinski definition) is 1. The van der Waals surface area contributed by atoms with Gasteiger partial charge >= 0.3 is 0 Å². The van der Waals surface area contributed by atoms with Crippen molar-refractivity contribution >= 4 is 5.69 Å². The molecule has 24 heavy (non-hydrogen) atoms. The Balaban J connectivity index is 1.77. The van der Waals surface area contributed by atoms with Gasteiger partial charge in [-0.2, -0.15) is 0 Å². The molecule has 2 aliphatic rings. The van der Waals surface area contributed by atoms with Crippen LogP contribution in [0.15, 0.2) is 48.6 Å². The van der Waals surface area contributed by atoms with E-state index in [1.54, 1.807) is 0 Å². The van der Waals surface area contributed by atoms with Crippen LogP contribution in [0.5, 0.6) is 0 Å². The zero-order valence-corrected chi connectivity index (χ0v) is 15.1. The Hall–Kier alpha value is -2.02. The first-order valence-corrected chi connectivity index (χ1v) is 9.19. The fraction of sp³-hybridized carbons (Fsp3) is 0.391. The standard InChI is InChI=1S/C23H27N/c1-14(2)17-10-12-18(13-11-17)23-20-7-5-6-19(20)21-15(3)8-9-16(4)22(21)24-23/h5-6,8-14,19-20,23-24H,7H2,1-4H3. The summed E-state index contributed by atoms with van der Waals surface area (Å²) in [7, 11) is 0. The minimum Gasteiger partial charge on any atom is -0.377 e. The van der Waals surface area contributed by atoms with Crippen LogP contribution < -0.4 is 5.32 Å². The highest BCUT2D eigenvalue weighted by Gasteiger charge is 2.39. The second kappa shape index (κ2) is 5.81. The van der Waals surface area contributed by atoms with E-state index in [0.717, 1.165) is 0 Å². The van der Waals surface area contributed by atoms with E-state index in [-0.39, 0.29) is 0 Å². The van der Waals surface area contributed by atoms with Gasteiger partial charge in [0.2, 0.25) is 0 Å². The zero-order chi connectivity index (χ0) is 16.8. The van der Waals surface area contributed by atoms with Gasteiger partial charge in [0.25, 0.3) is 0 Å². The number of allylic oxidation sites excluding steroid dienone is 2. The van der Waals surface area contributed by atoms with E-state index in [9.17, 15) is 0 Å². The molecule has 3 unspecified atom stereocenters. The predicted octanol–water partition coefficient (Wildman–Crippen LogP) is 6.25. The van der Waals surface area contributed by atoms with Gasteiger partial charge in [0.15, 0.2) is 0 Å². The van der Waals surface area contributed by atoms with Gasteiger partial charge in [0.05, 0.1) is 6.04 Å². The molecule has 1 heteroatoms. The van der Waals surface area contributed by atoms with Crippen molar-refractivity contribution in [1.29, 1.82) is 0 Å². The van der Waals surface area contributed by atoms with Crippen LogP contribution in [-0.2, 0) is 0 Å². The van der Waals surface area contributed by atoms with Crippen molar-refractivity contribution in [3.8, 4) is 0 Å². The van der Waals surface area contributed by atoms with E-state index in [1.807, 2.05) is 0 Å². The average Bonchev–Trinajstić information content (AvgIpc) is 3.07. The lowest BCUT2D eigenvalue weighted by Gasteiger charge is -2.39. The van der Waals surface area contributed by atoms with Gasteiger partial charge in [-0.05, 0) is 59.9 Å². The van der Waals surface area contributed by atoms with Crippen molar-refractivity contribution in [1.82, 2.24) is 0 Å². The smallest absolute Gasteiger partial charge is 0.0554 e. The summed E-state index contributed by atoms with van der Waals surface area (Å²) in [6.07, 6.45) is 5.98. The highest BCUT2D eigenvalue weighted by molar-refractivity contribution is 5.66. The fourth-order valence-corrected chi connectivity index (χ4v) is 4.46. The van der Waals surface area contributed by atoms with Crippen molar-refractivity contribution < 1.29 is 0 Å². The first-order valence-electron chi connectivity index (χ1n) is 9.19. The Morgan fingerprint density at radius 2 is 1.67 bits per heavy atom. The maximum atomic E-state index is 3.90. The quantitative estimate of drug-likeness (QED) is 0.645. The van der Waals surface area contributed by atoms with Gasteiger partial charge in [0.1, 0.15) is 0 Å². The summed E-state index contributed by atoms with van der Waals surface area (Å²) in [4.78, 5) is 0. The van der Waals surface area contributed by atoms with Crippen molar-refractivity contribution in [3.05, 3.63) is 76.4 Å². The van der Waals surface area contributed by atoms with Crippen molar-refractivity contribution in [3.63, 3.8) is 0 Å². The molecule has 1 nitrogen and oxygen atoms in total. The molecular weight excluding hydrogens is 290 g/mol. The van der Waals surface area contributed by atoms with Crippen LogP contribution in [0.25, 0.3) is 0 Å². The van der Waals surface area contributed by atoms with Crippen LogP contribution in [-0.4, -0.2) is 0 Å². The van der Waals surface area contributed by atoms with E-state index < -0.39 is 0 Å². The molecule has 1 aliphatic carbocycles. The minimum absolute atomic E-state index is 0.402. The minimum atomic E-state index is 0.402. The number of anilines is 1. The Labute approximate surface area is 145 Å². The Kier molecular flexibility index (Phi) is 3.75. The van der Waals surface area contributed by atoms with E-state index in [2.05, 4.69) is 81.6 Å². The Bertz CT molecular complexity index is 782. The van der Waals surface area contributed by atoms with Crippen molar-refractivity contribution in [2.75, 3.05) is 5.32 Å². The van der Waals surface area contributed by atoms with Gasteiger partial charge in [0, 0.05) is 11.6 Å². The Morgan fingerprint density at radius 3 is 2.38 bits per heavy atom. The summed E-state index contributed by atoms with van der Waals surface area (Å²) in [5.74, 6) is 1.77. The maximum Gasteiger partial charge on any atom is 0.0554 e. The topological polar surface area (TPSA) is 12.0 Å². The summed E-state index contributed by atoms with van der Waals surface area (Å²) in [5.41, 5.74) is 8.49. The highest BCUT2D eigenvalue weighted by Crippen LogP contribution is 2.51. The molecule has 0 amide bonds. The molecule has 0 aromatic heterocycles. The molecule has 4 rings (SSSR count). The van der Waals surface area contributed by atoms with Crippen LogP contribution in [0, 0.1) is 19.8 Å². The second-order valence-corrected chi connectivity index (χ2v) is 7.78. The fourth-order valence-electron chi connectivity index (χ4n) is 4.46. The van der Waals surface area contributed by atoms with Gasteiger partial charge in [-0.15, -0.1) is 0 Å². The lowest BCUT2D eigenvalue weighted by molar-refractivity contribution is 0.424. The molecular formula is C23H27N. The predicted molar refractivity (Wildman–Crippen MR) is 103 cm³/mol. The number of aryl methyl sites for hydroxylation is 2. The van der Waals surface area contributed by atoms with E-state index in [4.69, 9.17) is 0 Å². The van der Waals surface area contributed by atoms with Crippen LogP contribution in [0.4, 0.5) is 5.69 Å². The first-order chi connectivity index (χ1) is 11.6. The SMILES string of the molecule is Cc1ccc(C)c2c1NC(c1ccc(C(C)C)cc1)C1CC=CC21. The molecule has 1 heterocycles. The Morgan fingerprint density at radius 1 is 0.958 bits per heavy atom. The number of fused-ring (bicyclic) bond motifs is 3. The van der Waals surface area contributed by atoms with E-state index >= 15 is 0 Å². The van der Waals surface area contributed by atoms with Gasteiger partial charge in [-0.1, -0.05) is 62.4 Å². The lowest BCUT2D eigenvalue weighted by Crippen LogP contribution is -2.30. The van der Waals surface area contributed by atoms with E-state index in [1.165, 1.54) is 39.9 Å². The summed E-state index contributed by atoms with van der Waals surface area (Å²) in [6, 6.07) is 14.2. The molecule has 0 spiro atoms. The third-order valence-corrected chi connectivity index (χ3v) is 5.91. The molecule has 1 N–H and O–H groups in total. The molecule has 0 fully saturated rings. The number of hydrogen-bond donors (Lipinski definition) is 1. The molecule has 0 saturated carbocycles. The third-order valence-electron chi connectivity index (χ3n) is 5.91. The molecule has 0 bridgehead atoms. The van der Waals surface area contributed by atoms with Gasteiger partial charge in [-0.3, -0.25) is 0 Å². The maximum absolute atomic E-state index is 3.90. The molecule has 1 aliphatic heterocycles. The number of benzene rings is 2. The van der Waals surface area contributed by atoms with Crippen LogP contribution in [0.1, 0.15) is 66.0 Å². The lowest BCUT2D eigenvalue weighted by atomic mass is 9.75. The largest absolute Gasteiger partial charge is 0.377 e. The molecule has 124 valence electrons. The van der Waals surface area contributed by atoms with Crippen molar-refractivity contribution in [2.45, 2.75) is 52.0 Å². The van der Waals surface area contributed by atoms with Crippen LogP contribution in [0.3, 0.4) is 0 Å². The summed E-state index contributed by atoms with van der Waals surface area (Å²) in [6.45, 7) is 8.99. The number of nitrogens with one attached hydrogen (secondary N) is 1. The van der Waals surface area contributed by atoms with Crippen LogP contribution in [0.2, 0.25) is 0 Å². The first kappa shape index (κ1) is 15.5. The molecule has 0 radical (unpaired) electrons. The van der Waals surface area contributed by atoms with Gasteiger partial charge < -0.3 is 5.32 Å². The summed E-state index contributed by atoms with van der Waals surface area (Å²) >= 11 is 0. The highest BCUT2D eigenvalue weighted by atomic mass is 15.0. The summed E-state index contributed by atoms with van der Waals surface area (Å²) in [5, 5.41) is 3.90. The molecule has 0 saturated heterocycles. The normalized spacial score (nSPS) is 24.6. The average molecular weight is 317 g/mol.